The third-order valence-electron chi connectivity index (χ3n) is 2.80. The van der Waals surface area contributed by atoms with Gasteiger partial charge in [-0.1, -0.05) is 37.6 Å². The van der Waals surface area contributed by atoms with Gasteiger partial charge >= 0.3 is 6.03 Å². The highest BCUT2D eigenvalue weighted by Gasteiger charge is 2.01. The summed E-state index contributed by atoms with van der Waals surface area (Å²) < 4.78 is 0. The highest BCUT2D eigenvalue weighted by atomic mass is 16.2. The topological polar surface area (TPSA) is 70.2 Å². The summed E-state index contributed by atoms with van der Waals surface area (Å²) in [6.07, 6.45) is 2.05. The lowest BCUT2D eigenvalue weighted by molar-refractivity contribution is -0.119. The van der Waals surface area contributed by atoms with Crippen molar-refractivity contribution in [3.05, 3.63) is 35.4 Å². The standard InChI is InChI=1S/C15H23N3O2/c1-3-4-8-16-15(20)18-11-14-7-5-6-13(9-14)10-17-12(2)19/h5-7,9H,3-4,8,10-11H2,1-2H3,(H,17,19)(H2,16,18,20). The minimum atomic E-state index is -0.147. The molecule has 0 unspecified atom stereocenters. The lowest BCUT2D eigenvalue weighted by Crippen LogP contribution is -2.35. The molecule has 1 aromatic rings. The second-order valence-corrected chi connectivity index (χ2v) is 4.69. The molecule has 0 aliphatic rings. The quantitative estimate of drug-likeness (QED) is 0.666. The fraction of sp³-hybridized carbons (Fsp3) is 0.467. The van der Waals surface area contributed by atoms with E-state index in [0.29, 0.717) is 19.6 Å². The van der Waals surface area contributed by atoms with Gasteiger partial charge in [0.2, 0.25) is 5.91 Å². The van der Waals surface area contributed by atoms with E-state index in [4.69, 9.17) is 0 Å². The van der Waals surface area contributed by atoms with Crippen molar-refractivity contribution in [3.63, 3.8) is 0 Å². The Morgan fingerprint density at radius 3 is 2.30 bits per heavy atom. The Morgan fingerprint density at radius 2 is 1.70 bits per heavy atom. The van der Waals surface area contributed by atoms with Crippen molar-refractivity contribution in [1.29, 1.82) is 0 Å². The summed E-state index contributed by atoms with van der Waals surface area (Å²) in [6, 6.07) is 7.64. The van der Waals surface area contributed by atoms with Crippen molar-refractivity contribution in [2.45, 2.75) is 39.8 Å². The first-order chi connectivity index (χ1) is 9.61. The molecule has 0 saturated carbocycles. The summed E-state index contributed by atoms with van der Waals surface area (Å²) in [4.78, 5) is 22.4. The van der Waals surface area contributed by atoms with Crippen LogP contribution in [0, 0.1) is 0 Å². The number of benzene rings is 1. The Labute approximate surface area is 120 Å². The summed E-state index contributed by atoms with van der Waals surface area (Å²) >= 11 is 0. The lowest BCUT2D eigenvalue weighted by atomic mass is 10.1. The van der Waals surface area contributed by atoms with Gasteiger partial charge in [-0.3, -0.25) is 4.79 Å². The third-order valence-corrected chi connectivity index (χ3v) is 2.80. The van der Waals surface area contributed by atoms with E-state index in [-0.39, 0.29) is 11.9 Å². The predicted molar refractivity (Wildman–Crippen MR) is 79.1 cm³/mol. The smallest absolute Gasteiger partial charge is 0.315 e. The van der Waals surface area contributed by atoms with Crippen LogP contribution in [-0.2, 0) is 17.9 Å². The number of urea groups is 1. The van der Waals surface area contributed by atoms with Gasteiger partial charge in [-0.15, -0.1) is 0 Å². The van der Waals surface area contributed by atoms with Gasteiger partial charge in [0, 0.05) is 26.6 Å². The summed E-state index contributed by atoms with van der Waals surface area (Å²) in [5, 5.41) is 8.36. The molecule has 0 aromatic heterocycles. The van der Waals surface area contributed by atoms with Gasteiger partial charge in [-0.25, -0.2) is 4.79 Å². The van der Waals surface area contributed by atoms with Crippen molar-refractivity contribution in [1.82, 2.24) is 16.0 Å². The maximum atomic E-state index is 11.5. The van der Waals surface area contributed by atoms with Crippen LogP contribution in [0.1, 0.15) is 37.8 Å². The first-order valence-corrected chi connectivity index (χ1v) is 6.95. The number of unbranched alkanes of at least 4 members (excludes halogenated alkanes) is 1. The van der Waals surface area contributed by atoms with Gasteiger partial charge in [-0.2, -0.15) is 0 Å². The van der Waals surface area contributed by atoms with Crippen LogP contribution in [0.3, 0.4) is 0 Å². The maximum absolute atomic E-state index is 11.5. The first-order valence-electron chi connectivity index (χ1n) is 6.95. The Balaban J connectivity index is 2.38. The molecule has 0 heterocycles. The van der Waals surface area contributed by atoms with Gasteiger partial charge in [0.25, 0.3) is 0 Å². The molecule has 0 fully saturated rings. The molecule has 5 heteroatoms. The summed E-state index contributed by atoms with van der Waals surface area (Å²) in [5.74, 6) is -0.0520. The second-order valence-electron chi connectivity index (χ2n) is 4.69. The van der Waals surface area contributed by atoms with E-state index < -0.39 is 0 Å². The van der Waals surface area contributed by atoms with Crippen LogP contribution in [0.25, 0.3) is 0 Å². The molecule has 0 bridgehead atoms. The normalized spacial score (nSPS) is 9.90. The predicted octanol–water partition coefficient (Wildman–Crippen LogP) is 1.92. The number of amides is 3. The Morgan fingerprint density at radius 1 is 1.05 bits per heavy atom. The zero-order valence-corrected chi connectivity index (χ0v) is 12.2. The Kier molecular flexibility index (Phi) is 7.17. The van der Waals surface area contributed by atoms with Crippen LogP contribution in [0.4, 0.5) is 4.79 Å². The molecule has 110 valence electrons. The maximum Gasteiger partial charge on any atom is 0.315 e. The van der Waals surface area contributed by atoms with Crippen molar-refractivity contribution in [3.8, 4) is 0 Å². The minimum Gasteiger partial charge on any atom is -0.352 e. The van der Waals surface area contributed by atoms with Crippen LogP contribution in [0.2, 0.25) is 0 Å². The largest absolute Gasteiger partial charge is 0.352 e. The van der Waals surface area contributed by atoms with Gasteiger partial charge in [0.15, 0.2) is 0 Å². The number of nitrogens with one attached hydrogen (secondary N) is 3. The molecule has 0 saturated heterocycles. The lowest BCUT2D eigenvalue weighted by Gasteiger charge is -2.09. The van der Waals surface area contributed by atoms with Crippen LogP contribution in [0.15, 0.2) is 24.3 Å². The van der Waals surface area contributed by atoms with Crippen molar-refractivity contribution in [2.75, 3.05) is 6.54 Å². The number of hydrogen-bond donors (Lipinski definition) is 3. The number of carbonyl (C=O) groups excluding carboxylic acids is 2. The van der Waals surface area contributed by atoms with Crippen molar-refractivity contribution < 1.29 is 9.59 Å². The molecule has 0 aliphatic carbocycles. The molecule has 5 nitrogen and oxygen atoms in total. The highest BCUT2D eigenvalue weighted by molar-refractivity contribution is 5.73. The minimum absolute atomic E-state index is 0.0520. The molecule has 0 aliphatic heterocycles. The zero-order chi connectivity index (χ0) is 14.8. The monoisotopic (exact) mass is 277 g/mol. The second kappa shape index (κ2) is 8.96. The van der Waals surface area contributed by atoms with Gasteiger partial charge < -0.3 is 16.0 Å². The first kappa shape index (κ1) is 16.0. The van der Waals surface area contributed by atoms with Crippen LogP contribution < -0.4 is 16.0 Å². The molecule has 0 radical (unpaired) electrons. The Hall–Kier alpha value is -2.04. The fourth-order valence-electron chi connectivity index (χ4n) is 1.70. The summed E-state index contributed by atoms with van der Waals surface area (Å²) in [5.41, 5.74) is 2.03. The highest BCUT2D eigenvalue weighted by Crippen LogP contribution is 2.05. The van der Waals surface area contributed by atoms with Gasteiger partial charge in [0.05, 0.1) is 0 Å². The van der Waals surface area contributed by atoms with Gasteiger partial charge in [0.1, 0.15) is 0 Å². The zero-order valence-electron chi connectivity index (χ0n) is 12.2. The Bertz CT molecular complexity index is 446. The number of carbonyl (C=O) groups is 2. The molecule has 0 spiro atoms. The molecule has 1 rings (SSSR count). The molecular weight excluding hydrogens is 254 g/mol. The van der Waals surface area contributed by atoms with E-state index in [9.17, 15) is 9.59 Å². The summed E-state index contributed by atoms with van der Waals surface area (Å²) in [7, 11) is 0. The van der Waals surface area contributed by atoms with E-state index in [2.05, 4.69) is 22.9 Å². The van der Waals surface area contributed by atoms with Crippen LogP contribution in [0.5, 0.6) is 0 Å². The van der Waals surface area contributed by atoms with E-state index in [1.807, 2.05) is 24.3 Å². The third kappa shape index (κ3) is 6.78. The van der Waals surface area contributed by atoms with Crippen LogP contribution in [-0.4, -0.2) is 18.5 Å². The molecular formula is C15H23N3O2. The van der Waals surface area contributed by atoms with E-state index in [1.54, 1.807) is 0 Å². The van der Waals surface area contributed by atoms with E-state index in [0.717, 1.165) is 24.0 Å². The molecule has 3 N–H and O–H groups in total. The molecule has 3 amide bonds. The number of rotatable bonds is 7. The van der Waals surface area contributed by atoms with E-state index >= 15 is 0 Å². The average molecular weight is 277 g/mol. The van der Waals surface area contributed by atoms with Crippen molar-refractivity contribution in [2.24, 2.45) is 0 Å². The fourth-order valence-corrected chi connectivity index (χ4v) is 1.70. The molecule has 0 atom stereocenters. The SMILES string of the molecule is CCCCNC(=O)NCc1cccc(CNC(C)=O)c1. The molecule has 20 heavy (non-hydrogen) atoms. The van der Waals surface area contributed by atoms with E-state index in [1.165, 1.54) is 6.92 Å². The average Bonchev–Trinajstić information content (AvgIpc) is 2.44. The molecule has 1 aromatic carbocycles. The summed E-state index contributed by atoms with van der Waals surface area (Å²) in [6.45, 7) is 5.26. The number of hydrogen-bond acceptors (Lipinski definition) is 2. The van der Waals surface area contributed by atoms with Crippen LogP contribution >= 0.6 is 0 Å². The van der Waals surface area contributed by atoms with Crippen molar-refractivity contribution >= 4 is 11.9 Å². The van der Waals surface area contributed by atoms with Gasteiger partial charge in [-0.05, 0) is 17.5 Å².